The smallest absolute Gasteiger partial charge is 0.258 e. The second-order valence-electron chi connectivity index (χ2n) is 4.53. The highest BCUT2D eigenvalue weighted by Crippen LogP contribution is 2.09. The van der Waals surface area contributed by atoms with Gasteiger partial charge in [-0.15, -0.1) is 0 Å². The lowest BCUT2D eigenvalue weighted by Crippen LogP contribution is -2.25. The van der Waals surface area contributed by atoms with Crippen LogP contribution in [0.4, 0.5) is 0 Å². The van der Waals surface area contributed by atoms with Gasteiger partial charge in [0.05, 0.1) is 0 Å². The van der Waals surface area contributed by atoms with E-state index in [-0.39, 0.29) is 11.8 Å². The molecular formula is C16H21NO3. The summed E-state index contributed by atoms with van der Waals surface area (Å²) < 4.78 is 12.7. The highest BCUT2D eigenvalue weighted by Gasteiger charge is 2.09. The van der Waals surface area contributed by atoms with Gasteiger partial charge in [0.2, 0.25) is 0 Å². The van der Waals surface area contributed by atoms with E-state index in [4.69, 9.17) is 9.47 Å². The zero-order valence-corrected chi connectivity index (χ0v) is 12.0. The second-order valence-corrected chi connectivity index (χ2v) is 4.53. The van der Waals surface area contributed by atoms with Crippen LogP contribution in [0.3, 0.4) is 0 Å². The Morgan fingerprint density at radius 2 is 1.80 bits per heavy atom. The molecule has 0 saturated heterocycles. The maximum absolute atomic E-state index is 12.3. The van der Waals surface area contributed by atoms with Crippen LogP contribution in [0.1, 0.15) is 20.3 Å². The summed E-state index contributed by atoms with van der Waals surface area (Å²) in [7, 11) is 0. The number of nitrogens with zero attached hydrogens (tertiary/aromatic N) is 1. The van der Waals surface area contributed by atoms with Crippen LogP contribution in [-0.2, 0) is 16.0 Å². The van der Waals surface area contributed by atoms with Crippen LogP contribution < -0.4 is 5.56 Å². The lowest BCUT2D eigenvalue weighted by molar-refractivity contribution is -0.141. The number of benzene rings is 1. The number of pyridine rings is 1. The standard InChI is InChI=1S/C16H21NO3/c1-3-19-15(20-4-2)10-12-17-11-9-13-7-5-6-8-14(13)16(17)18/h5-9,11,15H,3-4,10,12H2,1-2H3. The largest absolute Gasteiger partial charge is 0.353 e. The van der Waals surface area contributed by atoms with Gasteiger partial charge in [0.1, 0.15) is 0 Å². The summed E-state index contributed by atoms with van der Waals surface area (Å²) in [6.07, 6.45) is 2.25. The van der Waals surface area contributed by atoms with Gasteiger partial charge in [0.15, 0.2) is 6.29 Å². The van der Waals surface area contributed by atoms with Crippen molar-refractivity contribution in [3.63, 3.8) is 0 Å². The molecule has 0 amide bonds. The number of rotatable bonds is 7. The fourth-order valence-electron chi connectivity index (χ4n) is 2.24. The molecule has 0 saturated carbocycles. The molecule has 0 spiro atoms. The van der Waals surface area contributed by atoms with Crippen molar-refractivity contribution in [2.45, 2.75) is 33.1 Å². The van der Waals surface area contributed by atoms with Crippen molar-refractivity contribution < 1.29 is 9.47 Å². The van der Waals surface area contributed by atoms with Gasteiger partial charge in [-0.2, -0.15) is 0 Å². The van der Waals surface area contributed by atoms with E-state index in [1.165, 1.54) is 0 Å². The molecule has 0 N–H and O–H groups in total. The van der Waals surface area contributed by atoms with E-state index < -0.39 is 0 Å². The minimum Gasteiger partial charge on any atom is -0.353 e. The molecule has 1 aromatic heterocycles. The highest BCUT2D eigenvalue weighted by molar-refractivity contribution is 5.81. The van der Waals surface area contributed by atoms with Gasteiger partial charge in [0.25, 0.3) is 5.56 Å². The first-order valence-corrected chi connectivity index (χ1v) is 7.07. The van der Waals surface area contributed by atoms with Crippen molar-refractivity contribution in [3.8, 4) is 0 Å². The van der Waals surface area contributed by atoms with Crippen LogP contribution in [0, 0.1) is 0 Å². The normalized spacial score (nSPS) is 11.3. The van der Waals surface area contributed by atoms with Crippen molar-refractivity contribution in [2.75, 3.05) is 13.2 Å². The van der Waals surface area contributed by atoms with Gasteiger partial charge >= 0.3 is 0 Å². The summed E-state index contributed by atoms with van der Waals surface area (Å²) >= 11 is 0. The van der Waals surface area contributed by atoms with Gasteiger partial charge in [-0.1, -0.05) is 18.2 Å². The Labute approximate surface area is 118 Å². The van der Waals surface area contributed by atoms with E-state index >= 15 is 0 Å². The molecule has 108 valence electrons. The molecule has 0 aliphatic rings. The van der Waals surface area contributed by atoms with Crippen molar-refractivity contribution >= 4 is 10.8 Å². The molecule has 0 atom stereocenters. The summed E-state index contributed by atoms with van der Waals surface area (Å²) in [4.78, 5) is 12.3. The summed E-state index contributed by atoms with van der Waals surface area (Å²) in [5.74, 6) is 0. The number of aryl methyl sites for hydroxylation is 1. The molecule has 2 rings (SSSR count). The number of fused-ring (bicyclic) bond motifs is 1. The van der Waals surface area contributed by atoms with Crippen LogP contribution in [0.5, 0.6) is 0 Å². The molecule has 2 aromatic rings. The summed E-state index contributed by atoms with van der Waals surface area (Å²) in [6.45, 7) is 5.69. The van der Waals surface area contributed by atoms with E-state index in [2.05, 4.69) is 0 Å². The minimum absolute atomic E-state index is 0.0369. The van der Waals surface area contributed by atoms with E-state index in [1.807, 2.05) is 50.4 Å². The summed E-state index contributed by atoms with van der Waals surface area (Å²) in [5, 5.41) is 1.72. The fourth-order valence-corrected chi connectivity index (χ4v) is 2.24. The molecule has 0 radical (unpaired) electrons. The molecule has 0 bridgehead atoms. The summed E-state index contributed by atoms with van der Waals surface area (Å²) in [6, 6.07) is 9.59. The predicted molar refractivity (Wildman–Crippen MR) is 79.9 cm³/mol. The topological polar surface area (TPSA) is 40.5 Å². The maximum Gasteiger partial charge on any atom is 0.258 e. The molecular weight excluding hydrogens is 254 g/mol. The molecule has 4 heteroatoms. The number of aromatic nitrogens is 1. The maximum atomic E-state index is 12.3. The van der Waals surface area contributed by atoms with Gasteiger partial charge in [-0.25, -0.2) is 0 Å². The number of ether oxygens (including phenoxy) is 2. The second kappa shape index (κ2) is 7.22. The minimum atomic E-state index is -0.247. The first kappa shape index (κ1) is 14.8. The zero-order valence-electron chi connectivity index (χ0n) is 12.0. The number of hydrogen-bond acceptors (Lipinski definition) is 3. The number of hydrogen-bond donors (Lipinski definition) is 0. The average Bonchev–Trinajstić information content (AvgIpc) is 2.47. The Bertz CT molecular complexity index is 600. The quantitative estimate of drug-likeness (QED) is 0.730. The van der Waals surface area contributed by atoms with E-state index in [0.29, 0.717) is 26.2 Å². The fraction of sp³-hybridized carbons (Fsp3) is 0.438. The van der Waals surface area contributed by atoms with E-state index in [0.717, 1.165) is 10.8 Å². The Kier molecular flexibility index (Phi) is 5.32. The van der Waals surface area contributed by atoms with E-state index in [1.54, 1.807) is 4.57 Å². The molecule has 0 aliphatic heterocycles. The Hall–Kier alpha value is -1.65. The van der Waals surface area contributed by atoms with Crippen molar-refractivity contribution in [1.82, 2.24) is 4.57 Å². The van der Waals surface area contributed by atoms with Gasteiger partial charge in [0, 0.05) is 37.8 Å². The molecule has 0 fully saturated rings. The summed E-state index contributed by atoms with van der Waals surface area (Å²) in [5.41, 5.74) is 0.0369. The molecule has 4 nitrogen and oxygen atoms in total. The predicted octanol–water partition coefficient (Wildman–Crippen LogP) is 2.79. The van der Waals surface area contributed by atoms with Gasteiger partial charge in [-0.3, -0.25) is 4.79 Å². The zero-order chi connectivity index (χ0) is 14.4. The van der Waals surface area contributed by atoms with Crippen molar-refractivity contribution in [3.05, 3.63) is 46.9 Å². The SMILES string of the molecule is CCOC(CCn1ccc2ccccc2c1=O)OCC. The molecule has 20 heavy (non-hydrogen) atoms. The van der Waals surface area contributed by atoms with Crippen LogP contribution >= 0.6 is 0 Å². The molecule has 1 heterocycles. The lowest BCUT2D eigenvalue weighted by atomic mass is 10.2. The lowest BCUT2D eigenvalue weighted by Gasteiger charge is -2.17. The third kappa shape index (κ3) is 3.46. The monoisotopic (exact) mass is 275 g/mol. The van der Waals surface area contributed by atoms with Crippen LogP contribution in [-0.4, -0.2) is 24.1 Å². The Morgan fingerprint density at radius 3 is 2.50 bits per heavy atom. The molecule has 1 aromatic carbocycles. The van der Waals surface area contributed by atoms with Crippen molar-refractivity contribution in [2.24, 2.45) is 0 Å². The van der Waals surface area contributed by atoms with Crippen LogP contribution in [0.25, 0.3) is 10.8 Å². The Morgan fingerprint density at radius 1 is 1.10 bits per heavy atom. The average molecular weight is 275 g/mol. The molecule has 0 unspecified atom stereocenters. The van der Waals surface area contributed by atoms with Crippen LogP contribution in [0.2, 0.25) is 0 Å². The van der Waals surface area contributed by atoms with Gasteiger partial charge in [-0.05, 0) is 31.4 Å². The first-order chi connectivity index (χ1) is 9.76. The van der Waals surface area contributed by atoms with Gasteiger partial charge < -0.3 is 14.0 Å². The third-order valence-corrected chi connectivity index (χ3v) is 3.20. The van der Waals surface area contributed by atoms with Crippen molar-refractivity contribution in [1.29, 1.82) is 0 Å². The molecule has 0 aliphatic carbocycles. The highest BCUT2D eigenvalue weighted by atomic mass is 16.7. The van der Waals surface area contributed by atoms with Crippen LogP contribution in [0.15, 0.2) is 41.3 Å². The first-order valence-electron chi connectivity index (χ1n) is 7.07. The third-order valence-electron chi connectivity index (χ3n) is 3.20. The Balaban J connectivity index is 2.13. The van der Waals surface area contributed by atoms with E-state index in [9.17, 15) is 4.79 Å².